The molecule has 0 amide bonds. The monoisotopic (exact) mass is 302 g/mol. The van der Waals surface area contributed by atoms with Crippen LogP contribution in [0.3, 0.4) is 0 Å². The van der Waals surface area contributed by atoms with Crippen molar-refractivity contribution in [2.45, 2.75) is 45.6 Å². The van der Waals surface area contributed by atoms with Crippen molar-refractivity contribution in [3.05, 3.63) is 15.5 Å². The van der Waals surface area contributed by atoms with Gasteiger partial charge in [-0.05, 0) is 37.5 Å². The first-order valence-electron chi connectivity index (χ1n) is 6.98. The van der Waals surface area contributed by atoms with Crippen molar-refractivity contribution in [3.63, 3.8) is 0 Å². The van der Waals surface area contributed by atoms with Crippen LogP contribution in [0, 0.1) is 17.3 Å². The van der Waals surface area contributed by atoms with E-state index in [1.165, 1.54) is 11.3 Å². The van der Waals surface area contributed by atoms with E-state index in [1.54, 1.807) is 6.20 Å². The molecule has 1 fully saturated rings. The molecule has 1 atom stereocenters. The van der Waals surface area contributed by atoms with Crippen LogP contribution in [0.1, 0.15) is 50.6 Å². The second kappa shape index (κ2) is 6.08. The predicted octanol–water partition coefficient (Wildman–Crippen LogP) is 3.62. The average Bonchev–Trinajstić information content (AvgIpc) is 2.84. The molecule has 2 rings (SSSR count). The fraction of sp³-hybridized carbons (Fsp3) is 0.786. The molecule has 1 aromatic rings. The molecule has 0 aromatic carbocycles. The molecule has 3 N–H and O–H groups in total. The van der Waals surface area contributed by atoms with Crippen molar-refractivity contribution in [1.29, 1.82) is 0 Å². The molecule has 1 aliphatic rings. The summed E-state index contributed by atoms with van der Waals surface area (Å²) in [5.41, 5.74) is 5.77. The molecule has 1 aliphatic carbocycles. The number of aromatic nitrogens is 1. The maximum absolute atomic E-state index is 10.6. The molecule has 5 heteroatoms. The van der Waals surface area contributed by atoms with E-state index in [0.717, 1.165) is 31.6 Å². The first kappa shape index (κ1) is 15.2. The van der Waals surface area contributed by atoms with Gasteiger partial charge in [-0.15, -0.1) is 11.3 Å². The molecule has 1 saturated carbocycles. The Morgan fingerprint density at radius 2 is 2.16 bits per heavy atom. The van der Waals surface area contributed by atoms with Crippen molar-refractivity contribution < 1.29 is 5.11 Å². The van der Waals surface area contributed by atoms with Crippen LogP contribution in [0.15, 0.2) is 6.20 Å². The molecule has 1 unspecified atom stereocenters. The van der Waals surface area contributed by atoms with Gasteiger partial charge >= 0.3 is 0 Å². The molecule has 19 heavy (non-hydrogen) atoms. The minimum Gasteiger partial charge on any atom is -0.385 e. The fourth-order valence-electron chi connectivity index (χ4n) is 3.13. The third-order valence-corrected chi connectivity index (χ3v) is 5.85. The Labute approximate surface area is 124 Å². The number of rotatable bonds is 4. The maximum atomic E-state index is 10.6. The van der Waals surface area contributed by atoms with Crippen LogP contribution < -0.4 is 5.73 Å². The van der Waals surface area contributed by atoms with Crippen molar-refractivity contribution in [1.82, 2.24) is 4.98 Å². The first-order valence-corrected chi connectivity index (χ1v) is 8.17. The lowest BCUT2D eigenvalue weighted by Crippen LogP contribution is -2.40. The predicted molar refractivity (Wildman–Crippen MR) is 80.4 cm³/mol. The Morgan fingerprint density at radius 3 is 2.58 bits per heavy atom. The van der Waals surface area contributed by atoms with Gasteiger partial charge in [0.25, 0.3) is 0 Å². The SMILES string of the molecule is CC(C)C1CCC(CN)(C(O)c2ncc(Cl)s2)CC1. The molecule has 0 aliphatic heterocycles. The van der Waals surface area contributed by atoms with E-state index in [4.69, 9.17) is 17.3 Å². The zero-order chi connectivity index (χ0) is 14.0. The Hall–Kier alpha value is -0.160. The highest BCUT2D eigenvalue weighted by Gasteiger charge is 2.42. The lowest BCUT2D eigenvalue weighted by Gasteiger charge is -2.43. The van der Waals surface area contributed by atoms with E-state index < -0.39 is 6.10 Å². The van der Waals surface area contributed by atoms with E-state index in [1.807, 2.05) is 0 Å². The number of nitrogens with two attached hydrogens (primary N) is 1. The van der Waals surface area contributed by atoms with Crippen molar-refractivity contribution >= 4 is 22.9 Å². The summed E-state index contributed by atoms with van der Waals surface area (Å²) in [5.74, 6) is 1.47. The Morgan fingerprint density at radius 1 is 1.53 bits per heavy atom. The van der Waals surface area contributed by atoms with Crippen molar-refractivity contribution in [2.24, 2.45) is 23.0 Å². The molecule has 0 saturated heterocycles. The van der Waals surface area contributed by atoms with Crippen LogP contribution in [0.5, 0.6) is 0 Å². The van der Waals surface area contributed by atoms with Crippen LogP contribution in [0.25, 0.3) is 0 Å². The summed E-state index contributed by atoms with van der Waals surface area (Å²) in [5, 5.41) is 11.4. The molecule has 1 aromatic heterocycles. The lowest BCUT2D eigenvalue weighted by atomic mass is 9.65. The smallest absolute Gasteiger partial charge is 0.123 e. The summed E-state index contributed by atoms with van der Waals surface area (Å²) < 4.78 is 0.622. The van der Waals surface area contributed by atoms with Gasteiger partial charge in [-0.25, -0.2) is 4.98 Å². The highest BCUT2D eigenvalue weighted by atomic mass is 35.5. The number of hydrogen-bond donors (Lipinski definition) is 2. The third kappa shape index (κ3) is 3.13. The van der Waals surface area contributed by atoms with Gasteiger partial charge in [-0.2, -0.15) is 0 Å². The number of aliphatic hydroxyl groups excluding tert-OH is 1. The molecular weight excluding hydrogens is 280 g/mol. The van der Waals surface area contributed by atoms with E-state index in [9.17, 15) is 5.11 Å². The molecule has 0 radical (unpaired) electrons. The van der Waals surface area contributed by atoms with Crippen molar-refractivity contribution in [3.8, 4) is 0 Å². The number of aliphatic hydroxyl groups is 1. The fourth-order valence-corrected chi connectivity index (χ4v) is 4.18. The van der Waals surface area contributed by atoms with Gasteiger partial charge in [0.15, 0.2) is 0 Å². The van der Waals surface area contributed by atoms with Crippen LogP contribution >= 0.6 is 22.9 Å². The standard InChI is InChI=1S/C14H23ClN2OS/c1-9(2)10-3-5-14(8-16,6-4-10)12(18)13-17-7-11(15)19-13/h7,9-10,12,18H,3-6,8,16H2,1-2H3. The minimum atomic E-state index is -0.580. The zero-order valence-electron chi connectivity index (χ0n) is 11.6. The average molecular weight is 303 g/mol. The lowest BCUT2D eigenvalue weighted by molar-refractivity contribution is -0.0149. The van der Waals surface area contributed by atoms with Gasteiger partial charge in [-0.3, -0.25) is 0 Å². The van der Waals surface area contributed by atoms with Crippen LogP contribution in [-0.2, 0) is 0 Å². The zero-order valence-corrected chi connectivity index (χ0v) is 13.2. The molecule has 0 bridgehead atoms. The second-order valence-corrected chi connectivity index (χ2v) is 7.75. The topological polar surface area (TPSA) is 59.1 Å². The number of hydrogen-bond acceptors (Lipinski definition) is 4. The van der Waals surface area contributed by atoms with E-state index >= 15 is 0 Å². The van der Waals surface area contributed by atoms with Crippen molar-refractivity contribution in [2.75, 3.05) is 6.54 Å². The largest absolute Gasteiger partial charge is 0.385 e. The molecule has 1 heterocycles. The van der Waals surface area contributed by atoms with Gasteiger partial charge in [0.1, 0.15) is 15.4 Å². The Bertz CT molecular complexity index is 413. The molecule has 0 spiro atoms. The van der Waals surface area contributed by atoms with Gasteiger partial charge in [0.05, 0.1) is 6.20 Å². The Balaban J connectivity index is 2.11. The highest BCUT2D eigenvalue weighted by Crippen LogP contribution is 2.49. The summed E-state index contributed by atoms with van der Waals surface area (Å²) >= 11 is 7.27. The Kier molecular flexibility index (Phi) is 4.88. The van der Waals surface area contributed by atoms with Gasteiger partial charge < -0.3 is 10.8 Å². The van der Waals surface area contributed by atoms with Crippen LogP contribution in [-0.4, -0.2) is 16.6 Å². The van der Waals surface area contributed by atoms with Crippen LogP contribution in [0.4, 0.5) is 0 Å². The first-order chi connectivity index (χ1) is 8.98. The summed E-state index contributed by atoms with van der Waals surface area (Å²) in [6.45, 7) is 5.06. The van der Waals surface area contributed by atoms with Gasteiger partial charge in [-0.1, -0.05) is 25.4 Å². The quantitative estimate of drug-likeness (QED) is 0.893. The molecular formula is C14H23ClN2OS. The maximum Gasteiger partial charge on any atom is 0.123 e. The minimum absolute atomic E-state index is 0.216. The van der Waals surface area contributed by atoms with E-state index in [0.29, 0.717) is 21.8 Å². The van der Waals surface area contributed by atoms with Crippen LogP contribution in [0.2, 0.25) is 4.34 Å². The molecule has 108 valence electrons. The van der Waals surface area contributed by atoms with E-state index in [2.05, 4.69) is 18.8 Å². The summed E-state index contributed by atoms with van der Waals surface area (Å²) in [4.78, 5) is 4.22. The number of nitrogens with zero attached hydrogens (tertiary/aromatic N) is 1. The highest BCUT2D eigenvalue weighted by molar-refractivity contribution is 7.15. The van der Waals surface area contributed by atoms with E-state index in [-0.39, 0.29) is 5.41 Å². The second-order valence-electron chi connectivity index (χ2n) is 6.05. The normalized spacial score (nSPS) is 29.7. The molecule has 3 nitrogen and oxygen atoms in total. The summed E-state index contributed by atoms with van der Waals surface area (Å²) in [6, 6.07) is 0. The summed E-state index contributed by atoms with van der Waals surface area (Å²) in [6.07, 6.45) is 5.27. The van der Waals surface area contributed by atoms with Gasteiger partial charge in [0.2, 0.25) is 0 Å². The van der Waals surface area contributed by atoms with Gasteiger partial charge in [0, 0.05) is 12.0 Å². The number of halogens is 1. The number of thiazole rings is 1. The third-order valence-electron chi connectivity index (χ3n) is 4.68. The summed E-state index contributed by atoms with van der Waals surface area (Å²) in [7, 11) is 0.